The zero-order valence-electron chi connectivity index (χ0n) is 15.5. The number of anilines is 1. The summed E-state index contributed by atoms with van der Waals surface area (Å²) in [5.41, 5.74) is 2.88. The lowest BCUT2D eigenvalue weighted by molar-refractivity contribution is -0.119. The van der Waals surface area contributed by atoms with Crippen molar-refractivity contribution in [1.29, 1.82) is 0 Å². The zero-order valence-corrected chi connectivity index (χ0v) is 15.5. The molecule has 1 unspecified atom stereocenters. The van der Waals surface area contributed by atoms with Crippen LogP contribution in [-0.4, -0.2) is 28.9 Å². The van der Waals surface area contributed by atoms with Crippen LogP contribution in [0.4, 0.5) is 5.69 Å². The number of rotatable bonds is 5. The Balaban J connectivity index is 1.75. The maximum atomic E-state index is 12.8. The van der Waals surface area contributed by atoms with E-state index in [1.807, 2.05) is 19.9 Å². The van der Waals surface area contributed by atoms with Gasteiger partial charge in [-0.25, -0.2) is 0 Å². The van der Waals surface area contributed by atoms with Crippen molar-refractivity contribution in [2.75, 3.05) is 12.4 Å². The molecule has 2 aromatic rings. The fourth-order valence-corrected chi connectivity index (χ4v) is 3.33. The Morgan fingerprint density at radius 1 is 1.27 bits per heavy atom. The normalized spacial score (nSPS) is 15.7. The van der Waals surface area contributed by atoms with E-state index >= 15 is 0 Å². The fourth-order valence-electron chi connectivity index (χ4n) is 3.33. The van der Waals surface area contributed by atoms with Crippen molar-refractivity contribution in [2.24, 2.45) is 5.92 Å². The molecule has 1 heterocycles. The van der Waals surface area contributed by atoms with Crippen molar-refractivity contribution in [3.63, 3.8) is 0 Å². The van der Waals surface area contributed by atoms with Crippen LogP contribution in [0.3, 0.4) is 0 Å². The van der Waals surface area contributed by atoms with Gasteiger partial charge in [0, 0.05) is 30.3 Å². The van der Waals surface area contributed by atoms with Crippen molar-refractivity contribution < 1.29 is 14.1 Å². The predicted octanol–water partition coefficient (Wildman–Crippen LogP) is 3.94. The van der Waals surface area contributed by atoms with E-state index in [0.29, 0.717) is 16.9 Å². The number of aryl methyl sites for hydroxylation is 1. The summed E-state index contributed by atoms with van der Waals surface area (Å²) in [6.45, 7) is 3.83. The van der Waals surface area contributed by atoms with E-state index in [2.05, 4.69) is 10.5 Å². The third-order valence-corrected chi connectivity index (χ3v) is 5.26. The quantitative estimate of drug-likeness (QED) is 0.881. The van der Waals surface area contributed by atoms with Crippen molar-refractivity contribution in [2.45, 2.75) is 45.6 Å². The van der Waals surface area contributed by atoms with Crippen LogP contribution >= 0.6 is 0 Å². The van der Waals surface area contributed by atoms with Gasteiger partial charge >= 0.3 is 0 Å². The Hall–Kier alpha value is -2.63. The first kappa shape index (κ1) is 18.2. The van der Waals surface area contributed by atoms with E-state index in [9.17, 15) is 9.59 Å². The summed E-state index contributed by atoms with van der Waals surface area (Å²) in [5, 5.41) is 6.91. The molecule has 1 aromatic heterocycles. The Labute approximate surface area is 153 Å². The van der Waals surface area contributed by atoms with Crippen LogP contribution in [0.25, 0.3) is 0 Å². The van der Waals surface area contributed by atoms with Gasteiger partial charge in [0.15, 0.2) is 0 Å². The maximum absolute atomic E-state index is 12.8. The predicted molar refractivity (Wildman–Crippen MR) is 98.8 cm³/mol. The number of carbonyl (C=O) groups excluding carboxylic acids is 2. The fraction of sp³-hybridized carbons (Fsp3) is 0.450. The van der Waals surface area contributed by atoms with E-state index < -0.39 is 0 Å². The minimum Gasteiger partial charge on any atom is -0.364 e. The van der Waals surface area contributed by atoms with Gasteiger partial charge < -0.3 is 14.7 Å². The van der Waals surface area contributed by atoms with Gasteiger partial charge in [-0.1, -0.05) is 24.1 Å². The molecular weight excluding hydrogens is 330 g/mol. The van der Waals surface area contributed by atoms with Crippen LogP contribution in [0.2, 0.25) is 0 Å². The van der Waals surface area contributed by atoms with Crippen LogP contribution in [-0.2, 0) is 4.79 Å². The second-order valence-electron chi connectivity index (χ2n) is 7.02. The van der Waals surface area contributed by atoms with E-state index in [4.69, 9.17) is 4.52 Å². The standard InChI is InChI=1S/C20H25N3O3/c1-13-8-9-16(12-18(13)21-19(24)15-6-4-5-7-15)20(25)23(3)14(2)17-10-11-26-22-17/h8-12,14-15H,4-7H2,1-3H3,(H,21,24). The number of hydrogen-bond acceptors (Lipinski definition) is 4. The number of benzene rings is 1. The highest BCUT2D eigenvalue weighted by Crippen LogP contribution is 2.27. The van der Waals surface area contributed by atoms with Gasteiger partial charge in [0.2, 0.25) is 5.91 Å². The molecule has 1 saturated carbocycles. The third-order valence-electron chi connectivity index (χ3n) is 5.26. The molecule has 1 aromatic carbocycles. The number of hydrogen-bond donors (Lipinski definition) is 1. The minimum atomic E-state index is -0.209. The van der Waals surface area contributed by atoms with Crippen LogP contribution < -0.4 is 5.32 Å². The molecule has 2 amide bonds. The molecule has 138 valence electrons. The number of amides is 2. The summed E-state index contributed by atoms with van der Waals surface area (Å²) >= 11 is 0. The molecule has 0 aliphatic heterocycles. The van der Waals surface area contributed by atoms with Crippen LogP contribution in [0.5, 0.6) is 0 Å². The molecule has 3 rings (SSSR count). The first-order valence-electron chi connectivity index (χ1n) is 9.06. The highest BCUT2D eigenvalue weighted by Gasteiger charge is 2.24. The van der Waals surface area contributed by atoms with Crippen molar-refractivity contribution >= 4 is 17.5 Å². The van der Waals surface area contributed by atoms with Crippen LogP contribution in [0, 0.1) is 12.8 Å². The summed E-state index contributed by atoms with van der Waals surface area (Å²) < 4.78 is 4.86. The number of aromatic nitrogens is 1. The number of carbonyl (C=O) groups is 2. The average molecular weight is 355 g/mol. The Morgan fingerprint density at radius 3 is 2.65 bits per heavy atom. The lowest BCUT2D eigenvalue weighted by Crippen LogP contribution is -2.30. The van der Waals surface area contributed by atoms with Crippen LogP contribution in [0.1, 0.15) is 60.3 Å². The van der Waals surface area contributed by atoms with Crippen molar-refractivity contribution in [3.05, 3.63) is 47.3 Å². The van der Waals surface area contributed by atoms with Gasteiger partial charge in [0.25, 0.3) is 5.91 Å². The molecule has 0 saturated heterocycles. The average Bonchev–Trinajstić information content (AvgIpc) is 3.35. The molecular formula is C20H25N3O3. The zero-order chi connectivity index (χ0) is 18.7. The van der Waals surface area contributed by atoms with Gasteiger partial charge in [-0.05, 0) is 44.4 Å². The number of nitrogens with zero attached hydrogens (tertiary/aromatic N) is 2. The molecule has 1 atom stereocenters. The maximum Gasteiger partial charge on any atom is 0.254 e. The Kier molecular flexibility index (Phi) is 5.40. The lowest BCUT2D eigenvalue weighted by atomic mass is 10.1. The Bertz CT molecular complexity index is 780. The van der Waals surface area contributed by atoms with E-state index in [0.717, 1.165) is 31.2 Å². The molecule has 1 N–H and O–H groups in total. The van der Waals surface area contributed by atoms with Gasteiger partial charge in [0.05, 0.1) is 6.04 Å². The van der Waals surface area contributed by atoms with Gasteiger partial charge in [-0.2, -0.15) is 0 Å². The van der Waals surface area contributed by atoms with Crippen molar-refractivity contribution in [1.82, 2.24) is 10.1 Å². The summed E-state index contributed by atoms with van der Waals surface area (Å²) in [6, 6.07) is 6.95. The molecule has 1 aliphatic carbocycles. The van der Waals surface area contributed by atoms with E-state index in [1.165, 1.54) is 6.26 Å². The van der Waals surface area contributed by atoms with E-state index in [-0.39, 0.29) is 23.8 Å². The highest BCUT2D eigenvalue weighted by molar-refractivity contribution is 5.98. The molecule has 0 bridgehead atoms. The van der Waals surface area contributed by atoms with Crippen LogP contribution in [0.15, 0.2) is 35.1 Å². The minimum absolute atomic E-state index is 0.0551. The SMILES string of the molecule is Cc1ccc(C(=O)N(C)C(C)c2ccon2)cc1NC(=O)C1CCCC1. The summed E-state index contributed by atoms with van der Waals surface area (Å²) in [4.78, 5) is 26.9. The molecule has 0 spiro atoms. The largest absolute Gasteiger partial charge is 0.364 e. The molecule has 1 fully saturated rings. The molecule has 6 heteroatoms. The summed E-state index contributed by atoms with van der Waals surface area (Å²) in [7, 11) is 1.73. The monoisotopic (exact) mass is 355 g/mol. The second-order valence-corrected chi connectivity index (χ2v) is 7.02. The first-order chi connectivity index (χ1) is 12.5. The summed E-state index contributed by atoms with van der Waals surface area (Å²) in [5.74, 6) is 0.0139. The highest BCUT2D eigenvalue weighted by atomic mass is 16.5. The lowest BCUT2D eigenvalue weighted by Gasteiger charge is -2.23. The van der Waals surface area contributed by atoms with E-state index in [1.54, 1.807) is 30.1 Å². The number of nitrogens with one attached hydrogen (secondary N) is 1. The van der Waals surface area contributed by atoms with Crippen molar-refractivity contribution in [3.8, 4) is 0 Å². The van der Waals surface area contributed by atoms with Gasteiger partial charge in [-0.15, -0.1) is 0 Å². The van der Waals surface area contributed by atoms with Gasteiger partial charge in [0.1, 0.15) is 12.0 Å². The third kappa shape index (κ3) is 3.79. The second kappa shape index (κ2) is 7.72. The smallest absolute Gasteiger partial charge is 0.254 e. The molecule has 6 nitrogen and oxygen atoms in total. The molecule has 26 heavy (non-hydrogen) atoms. The van der Waals surface area contributed by atoms with Gasteiger partial charge in [-0.3, -0.25) is 9.59 Å². The first-order valence-corrected chi connectivity index (χ1v) is 9.06. The molecule has 0 radical (unpaired) electrons. The molecule has 1 aliphatic rings. The Morgan fingerprint density at radius 2 is 2.00 bits per heavy atom. The topological polar surface area (TPSA) is 75.4 Å². The summed E-state index contributed by atoms with van der Waals surface area (Å²) in [6.07, 6.45) is 5.61.